The van der Waals surface area contributed by atoms with Crippen molar-refractivity contribution in [2.24, 2.45) is 0 Å². The number of nitrogen functional groups attached to an aromatic ring is 1. The fourth-order valence-electron chi connectivity index (χ4n) is 1.53. The zero-order chi connectivity index (χ0) is 13.3. The molecular formula is C13H13BrClN3. The van der Waals surface area contributed by atoms with Crippen molar-refractivity contribution in [3.8, 4) is 0 Å². The fourth-order valence-corrected chi connectivity index (χ4v) is 2.24. The molecule has 0 unspecified atom stereocenters. The Morgan fingerprint density at radius 2 is 2.06 bits per heavy atom. The Labute approximate surface area is 119 Å². The number of hydrogen-bond acceptors (Lipinski definition) is 3. The number of hydrogen-bond donors (Lipinski definition) is 2. The second-order valence-electron chi connectivity index (χ2n) is 4.11. The van der Waals surface area contributed by atoms with E-state index in [1.54, 1.807) is 6.20 Å². The number of halogens is 2. The highest BCUT2D eigenvalue weighted by Gasteiger charge is 2.09. The standard InChI is InChI=1S/C13H13BrClN3/c1-7-3-4-11(9(15)5-7)18-13-12(14)8(2)10(16)6-17-13/h3-6H,16H2,1-2H3,(H,17,18). The summed E-state index contributed by atoms with van der Waals surface area (Å²) in [6, 6.07) is 5.83. The number of pyridine rings is 1. The maximum Gasteiger partial charge on any atom is 0.145 e. The van der Waals surface area contributed by atoms with Gasteiger partial charge in [0.25, 0.3) is 0 Å². The smallest absolute Gasteiger partial charge is 0.145 e. The van der Waals surface area contributed by atoms with Gasteiger partial charge in [0.1, 0.15) is 5.82 Å². The van der Waals surface area contributed by atoms with Crippen LogP contribution in [0.3, 0.4) is 0 Å². The minimum absolute atomic E-state index is 0.655. The van der Waals surface area contributed by atoms with E-state index in [0.29, 0.717) is 16.5 Å². The lowest BCUT2D eigenvalue weighted by molar-refractivity contribution is 1.25. The van der Waals surface area contributed by atoms with Gasteiger partial charge in [-0.2, -0.15) is 0 Å². The third kappa shape index (κ3) is 2.60. The number of anilines is 3. The molecule has 3 nitrogen and oxygen atoms in total. The zero-order valence-corrected chi connectivity index (χ0v) is 12.4. The highest BCUT2D eigenvalue weighted by Crippen LogP contribution is 2.32. The van der Waals surface area contributed by atoms with Gasteiger partial charge in [0, 0.05) is 0 Å². The molecule has 2 aromatic rings. The van der Waals surface area contributed by atoms with Gasteiger partial charge in [-0.25, -0.2) is 4.98 Å². The number of aromatic nitrogens is 1. The van der Waals surface area contributed by atoms with Crippen LogP contribution in [-0.2, 0) is 0 Å². The molecule has 94 valence electrons. The van der Waals surface area contributed by atoms with Crippen LogP contribution in [-0.4, -0.2) is 4.98 Å². The summed E-state index contributed by atoms with van der Waals surface area (Å²) in [6.45, 7) is 3.93. The Morgan fingerprint density at radius 3 is 2.72 bits per heavy atom. The lowest BCUT2D eigenvalue weighted by Crippen LogP contribution is -2.00. The zero-order valence-electron chi connectivity index (χ0n) is 10.1. The van der Waals surface area contributed by atoms with Gasteiger partial charge in [-0.15, -0.1) is 0 Å². The SMILES string of the molecule is Cc1ccc(Nc2ncc(N)c(C)c2Br)c(Cl)c1. The summed E-state index contributed by atoms with van der Waals surface area (Å²) in [5.74, 6) is 0.701. The third-order valence-electron chi connectivity index (χ3n) is 2.68. The van der Waals surface area contributed by atoms with E-state index in [2.05, 4.69) is 26.2 Å². The van der Waals surface area contributed by atoms with Gasteiger partial charge in [-0.1, -0.05) is 17.7 Å². The van der Waals surface area contributed by atoms with Crippen LogP contribution in [0, 0.1) is 13.8 Å². The second kappa shape index (κ2) is 5.16. The second-order valence-corrected chi connectivity index (χ2v) is 5.31. The molecule has 0 aliphatic heterocycles. The van der Waals surface area contributed by atoms with Crippen LogP contribution in [0.5, 0.6) is 0 Å². The molecule has 0 atom stereocenters. The Balaban J connectivity index is 2.37. The van der Waals surface area contributed by atoms with E-state index in [1.165, 1.54) is 0 Å². The number of nitrogens with zero attached hydrogens (tertiary/aromatic N) is 1. The normalized spacial score (nSPS) is 10.4. The van der Waals surface area contributed by atoms with Crippen LogP contribution in [0.1, 0.15) is 11.1 Å². The molecule has 1 aromatic heterocycles. The van der Waals surface area contributed by atoms with Gasteiger partial charge >= 0.3 is 0 Å². The summed E-state index contributed by atoms with van der Waals surface area (Å²) >= 11 is 9.65. The van der Waals surface area contributed by atoms with Crippen LogP contribution in [0.2, 0.25) is 5.02 Å². The van der Waals surface area contributed by atoms with Crippen LogP contribution in [0.4, 0.5) is 17.2 Å². The molecule has 3 N–H and O–H groups in total. The molecule has 18 heavy (non-hydrogen) atoms. The highest BCUT2D eigenvalue weighted by molar-refractivity contribution is 9.10. The van der Waals surface area contributed by atoms with Crippen LogP contribution in [0.25, 0.3) is 0 Å². The number of nitrogens with two attached hydrogens (primary N) is 1. The maximum absolute atomic E-state index is 6.17. The van der Waals surface area contributed by atoms with Gasteiger partial charge in [-0.05, 0) is 53.0 Å². The first kappa shape index (κ1) is 13.2. The molecule has 0 bridgehead atoms. The highest BCUT2D eigenvalue weighted by atomic mass is 79.9. The van der Waals surface area contributed by atoms with E-state index in [9.17, 15) is 0 Å². The summed E-state index contributed by atoms with van der Waals surface area (Å²) in [5, 5.41) is 3.86. The van der Waals surface area contributed by atoms with Crippen LogP contribution in [0.15, 0.2) is 28.9 Å². The third-order valence-corrected chi connectivity index (χ3v) is 3.96. The molecule has 0 amide bonds. The van der Waals surface area contributed by atoms with E-state index in [-0.39, 0.29) is 0 Å². The van der Waals surface area contributed by atoms with Gasteiger partial charge in [0.15, 0.2) is 0 Å². The van der Waals surface area contributed by atoms with Crippen molar-refractivity contribution < 1.29 is 0 Å². The lowest BCUT2D eigenvalue weighted by atomic mass is 10.2. The number of benzene rings is 1. The summed E-state index contributed by atoms with van der Waals surface area (Å²) in [5.41, 5.74) is 9.33. The monoisotopic (exact) mass is 325 g/mol. The van der Waals surface area contributed by atoms with E-state index in [1.807, 2.05) is 32.0 Å². The average Bonchev–Trinajstić information content (AvgIpc) is 2.33. The molecule has 0 aliphatic rings. The van der Waals surface area contributed by atoms with Crippen molar-refractivity contribution in [2.45, 2.75) is 13.8 Å². The molecule has 1 aromatic carbocycles. The van der Waals surface area contributed by atoms with Crippen molar-refractivity contribution in [1.82, 2.24) is 4.98 Å². The molecule has 0 radical (unpaired) electrons. The fraction of sp³-hybridized carbons (Fsp3) is 0.154. The van der Waals surface area contributed by atoms with Crippen LogP contribution < -0.4 is 11.1 Å². The van der Waals surface area contributed by atoms with Crippen molar-refractivity contribution in [3.05, 3.63) is 45.0 Å². The molecule has 2 rings (SSSR count). The Morgan fingerprint density at radius 1 is 1.33 bits per heavy atom. The first-order valence-electron chi connectivity index (χ1n) is 5.43. The molecule has 0 spiro atoms. The molecule has 0 fully saturated rings. The van der Waals surface area contributed by atoms with E-state index in [4.69, 9.17) is 17.3 Å². The van der Waals surface area contributed by atoms with E-state index in [0.717, 1.165) is 21.3 Å². The van der Waals surface area contributed by atoms with Crippen molar-refractivity contribution in [1.29, 1.82) is 0 Å². The molecule has 0 saturated carbocycles. The Kier molecular flexibility index (Phi) is 3.78. The maximum atomic E-state index is 6.17. The van der Waals surface area contributed by atoms with Gasteiger partial charge in [0.2, 0.25) is 0 Å². The number of rotatable bonds is 2. The molecule has 5 heteroatoms. The molecule has 1 heterocycles. The topological polar surface area (TPSA) is 50.9 Å². The average molecular weight is 327 g/mol. The van der Waals surface area contributed by atoms with Gasteiger partial charge < -0.3 is 11.1 Å². The molecular weight excluding hydrogens is 314 g/mol. The molecule has 0 aliphatic carbocycles. The van der Waals surface area contributed by atoms with E-state index < -0.39 is 0 Å². The summed E-state index contributed by atoms with van der Waals surface area (Å²) in [4.78, 5) is 4.26. The van der Waals surface area contributed by atoms with E-state index >= 15 is 0 Å². The van der Waals surface area contributed by atoms with Crippen molar-refractivity contribution in [3.63, 3.8) is 0 Å². The van der Waals surface area contributed by atoms with Crippen LogP contribution >= 0.6 is 27.5 Å². The predicted octanol–water partition coefficient (Wildman–Crippen LogP) is 4.44. The van der Waals surface area contributed by atoms with Crippen molar-refractivity contribution >= 4 is 44.7 Å². The lowest BCUT2D eigenvalue weighted by Gasteiger charge is -2.12. The number of nitrogens with one attached hydrogen (secondary N) is 1. The van der Waals surface area contributed by atoms with Crippen molar-refractivity contribution in [2.75, 3.05) is 11.1 Å². The largest absolute Gasteiger partial charge is 0.397 e. The number of aryl methyl sites for hydroxylation is 1. The minimum Gasteiger partial charge on any atom is -0.397 e. The summed E-state index contributed by atoms with van der Waals surface area (Å²) in [6.07, 6.45) is 1.63. The predicted molar refractivity (Wildman–Crippen MR) is 80.6 cm³/mol. The first-order valence-corrected chi connectivity index (χ1v) is 6.60. The minimum atomic E-state index is 0.655. The summed E-state index contributed by atoms with van der Waals surface area (Å²) in [7, 11) is 0. The molecule has 0 saturated heterocycles. The summed E-state index contributed by atoms with van der Waals surface area (Å²) < 4.78 is 0.846. The van der Waals surface area contributed by atoms with Gasteiger partial charge in [-0.3, -0.25) is 0 Å². The Bertz CT molecular complexity index is 599. The van der Waals surface area contributed by atoms with Gasteiger partial charge in [0.05, 0.1) is 27.1 Å². The Hall–Kier alpha value is -1.26. The first-order chi connectivity index (χ1) is 8.49. The quantitative estimate of drug-likeness (QED) is 0.857.